The van der Waals surface area contributed by atoms with E-state index in [0.29, 0.717) is 30.9 Å². The van der Waals surface area contributed by atoms with Crippen molar-refractivity contribution in [2.45, 2.75) is 30.7 Å². The van der Waals surface area contributed by atoms with E-state index in [1.165, 1.54) is 16.4 Å². The molecule has 3 aromatic rings. The van der Waals surface area contributed by atoms with Crippen molar-refractivity contribution in [3.8, 4) is 17.4 Å². The molecule has 1 aliphatic rings. The summed E-state index contributed by atoms with van der Waals surface area (Å²) in [7, 11) is -3.81. The molecule has 152 valence electrons. The molecule has 0 aliphatic carbocycles. The first-order chi connectivity index (χ1) is 13.8. The number of imidazole rings is 1. The first kappa shape index (κ1) is 19.3. The molecular formula is C20H21N3O5S. The Morgan fingerprint density at radius 1 is 1.03 bits per heavy atom. The maximum atomic E-state index is 13.1. The first-order valence-corrected chi connectivity index (χ1v) is 10.7. The van der Waals surface area contributed by atoms with Crippen LogP contribution in [0, 0.1) is 6.92 Å². The average molecular weight is 415 g/mol. The van der Waals surface area contributed by atoms with Gasteiger partial charge >= 0.3 is 5.69 Å². The molecule has 29 heavy (non-hydrogen) atoms. The van der Waals surface area contributed by atoms with Crippen LogP contribution in [0.15, 0.2) is 58.2 Å². The number of nitrogens with one attached hydrogen (secondary N) is 2. The molecule has 1 unspecified atom stereocenters. The Balaban J connectivity index is 1.57. The van der Waals surface area contributed by atoms with Crippen molar-refractivity contribution in [3.63, 3.8) is 0 Å². The Hall–Kier alpha value is -3.04. The normalized spacial score (nSPS) is 17.5. The van der Waals surface area contributed by atoms with Crippen LogP contribution in [0.3, 0.4) is 0 Å². The zero-order valence-electron chi connectivity index (χ0n) is 15.8. The molecule has 1 saturated heterocycles. The number of aromatic nitrogens is 2. The average Bonchev–Trinajstić information content (AvgIpc) is 3.30. The van der Waals surface area contributed by atoms with Gasteiger partial charge in [0.05, 0.1) is 16.6 Å². The molecule has 0 spiro atoms. The van der Waals surface area contributed by atoms with Gasteiger partial charge in [-0.3, -0.25) is 4.98 Å². The van der Waals surface area contributed by atoms with Gasteiger partial charge in [0.1, 0.15) is 11.5 Å². The molecule has 4 rings (SSSR count). The van der Waals surface area contributed by atoms with Crippen molar-refractivity contribution in [2.24, 2.45) is 0 Å². The first-order valence-electron chi connectivity index (χ1n) is 9.22. The molecule has 1 aromatic heterocycles. The molecule has 0 radical (unpaired) electrons. The number of sulfonamides is 1. The fraction of sp³-hybridized carbons (Fsp3) is 0.250. The van der Waals surface area contributed by atoms with Gasteiger partial charge in [-0.15, -0.1) is 0 Å². The molecular weight excluding hydrogens is 394 g/mol. The molecule has 1 aliphatic heterocycles. The van der Waals surface area contributed by atoms with Crippen molar-refractivity contribution in [1.82, 2.24) is 14.3 Å². The molecule has 2 aromatic carbocycles. The van der Waals surface area contributed by atoms with E-state index in [-0.39, 0.29) is 16.5 Å². The Labute approximate surface area is 167 Å². The van der Waals surface area contributed by atoms with Crippen molar-refractivity contribution in [2.75, 3.05) is 6.54 Å². The largest absolute Gasteiger partial charge is 0.493 e. The zero-order valence-corrected chi connectivity index (χ0v) is 16.6. The van der Waals surface area contributed by atoms with Crippen molar-refractivity contribution < 1.29 is 18.3 Å². The molecule has 1 atom stereocenters. The van der Waals surface area contributed by atoms with Gasteiger partial charge in [-0.25, -0.2) is 13.2 Å². The minimum absolute atomic E-state index is 0.123. The summed E-state index contributed by atoms with van der Waals surface area (Å²) < 4.78 is 33.3. The van der Waals surface area contributed by atoms with Gasteiger partial charge in [0.25, 0.3) is 0 Å². The Bertz CT molecular complexity index is 1160. The molecule has 2 heterocycles. The summed E-state index contributed by atoms with van der Waals surface area (Å²) in [5.41, 5.74) is 0.739. The van der Waals surface area contributed by atoms with E-state index in [0.717, 1.165) is 5.56 Å². The number of rotatable bonds is 5. The van der Waals surface area contributed by atoms with Gasteiger partial charge < -0.3 is 14.8 Å². The number of aromatic hydroxyl groups is 1. The third-order valence-electron chi connectivity index (χ3n) is 4.96. The fourth-order valence-electron chi connectivity index (χ4n) is 3.50. The molecule has 3 N–H and O–H groups in total. The van der Waals surface area contributed by atoms with Gasteiger partial charge in [-0.05, 0) is 56.2 Å². The quantitative estimate of drug-likeness (QED) is 0.592. The Kier molecular flexibility index (Phi) is 4.93. The highest BCUT2D eigenvalue weighted by Crippen LogP contribution is 2.38. The SMILES string of the molecule is Cc1ccc(Oc2ccc(S(=O)(=O)N3CCCC3c3[nH]c(=O)[nH]c3O)cc2)cc1. The second-order valence-electron chi connectivity index (χ2n) is 7.00. The summed E-state index contributed by atoms with van der Waals surface area (Å²) in [5, 5.41) is 9.91. The number of nitrogens with zero attached hydrogens (tertiary/aromatic N) is 1. The van der Waals surface area contributed by atoms with E-state index in [2.05, 4.69) is 9.97 Å². The van der Waals surface area contributed by atoms with Gasteiger partial charge in [0, 0.05) is 6.54 Å². The number of aromatic amines is 2. The Morgan fingerprint density at radius 2 is 1.66 bits per heavy atom. The third-order valence-corrected chi connectivity index (χ3v) is 6.88. The molecule has 0 saturated carbocycles. The molecule has 0 bridgehead atoms. The smallest absolute Gasteiger partial charge is 0.326 e. The van der Waals surface area contributed by atoms with Gasteiger partial charge in [0.2, 0.25) is 15.9 Å². The molecule has 0 amide bonds. The van der Waals surface area contributed by atoms with Gasteiger partial charge in [-0.2, -0.15) is 4.31 Å². The molecule has 8 nitrogen and oxygen atoms in total. The van der Waals surface area contributed by atoms with Crippen LogP contribution in [0.5, 0.6) is 17.4 Å². The maximum Gasteiger partial charge on any atom is 0.326 e. The lowest BCUT2D eigenvalue weighted by Crippen LogP contribution is -2.31. The van der Waals surface area contributed by atoms with E-state index in [9.17, 15) is 18.3 Å². The summed E-state index contributed by atoms with van der Waals surface area (Å²) in [5.74, 6) is 0.861. The second-order valence-corrected chi connectivity index (χ2v) is 8.89. The summed E-state index contributed by atoms with van der Waals surface area (Å²) in [6, 6.07) is 13.1. The monoisotopic (exact) mass is 415 g/mol. The predicted molar refractivity (Wildman–Crippen MR) is 107 cm³/mol. The van der Waals surface area contributed by atoms with Crippen LogP contribution in [-0.4, -0.2) is 34.3 Å². The Morgan fingerprint density at radius 3 is 2.24 bits per heavy atom. The lowest BCUT2D eigenvalue weighted by molar-refractivity contribution is 0.371. The minimum Gasteiger partial charge on any atom is -0.493 e. The standard InChI is InChI=1S/C20H21N3O5S/c1-13-4-6-14(7-5-13)28-15-8-10-16(11-9-15)29(26,27)23-12-2-3-17(23)18-19(24)22-20(25)21-18/h4-11,17,24H,2-3,12H2,1H3,(H2,21,22,25). The van der Waals surface area contributed by atoms with Crippen molar-refractivity contribution in [3.05, 3.63) is 70.3 Å². The maximum absolute atomic E-state index is 13.1. The number of hydrogen-bond donors (Lipinski definition) is 3. The summed E-state index contributed by atoms with van der Waals surface area (Å²) in [6.45, 7) is 2.29. The van der Waals surface area contributed by atoms with Crippen LogP contribution in [0.2, 0.25) is 0 Å². The number of hydrogen-bond acceptors (Lipinski definition) is 5. The second kappa shape index (κ2) is 7.41. The van der Waals surface area contributed by atoms with E-state index in [1.807, 2.05) is 31.2 Å². The highest BCUT2D eigenvalue weighted by molar-refractivity contribution is 7.89. The zero-order chi connectivity index (χ0) is 20.6. The topological polar surface area (TPSA) is 115 Å². The van der Waals surface area contributed by atoms with E-state index >= 15 is 0 Å². The van der Waals surface area contributed by atoms with Crippen LogP contribution in [-0.2, 0) is 10.0 Å². The highest BCUT2D eigenvalue weighted by Gasteiger charge is 2.38. The fourth-order valence-corrected chi connectivity index (χ4v) is 5.17. The number of ether oxygens (including phenoxy) is 1. The van der Waals surface area contributed by atoms with E-state index in [4.69, 9.17) is 4.74 Å². The predicted octanol–water partition coefficient (Wildman–Crippen LogP) is 3.04. The van der Waals surface area contributed by atoms with E-state index in [1.54, 1.807) is 12.1 Å². The van der Waals surface area contributed by atoms with Gasteiger partial charge in [0.15, 0.2) is 0 Å². The lowest BCUT2D eigenvalue weighted by Gasteiger charge is -2.23. The lowest BCUT2D eigenvalue weighted by atomic mass is 10.2. The number of H-pyrrole nitrogens is 2. The van der Waals surface area contributed by atoms with Crippen LogP contribution in [0.4, 0.5) is 0 Å². The van der Waals surface area contributed by atoms with Crippen molar-refractivity contribution >= 4 is 10.0 Å². The summed E-state index contributed by atoms with van der Waals surface area (Å²) in [4.78, 5) is 16.3. The van der Waals surface area contributed by atoms with Crippen molar-refractivity contribution in [1.29, 1.82) is 0 Å². The highest BCUT2D eigenvalue weighted by atomic mass is 32.2. The minimum atomic E-state index is -3.81. The van der Waals surface area contributed by atoms with Crippen LogP contribution in [0.25, 0.3) is 0 Å². The van der Waals surface area contributed by atoms with Gasteiger partial charge in [-0.1, -0.05) is 17.7 Å². The van der Waals surface area contributed by atoms with Crippen LogP contribution in [0.1, 0.15) is 30.1 Å². The summed E-state index contributed by atoms with van der Waals surface area (Å²) >= 11 is 0. The molecule has 1 fully saturated rings. The van der Waals surface area contributed by atoms with Crippen LogP contribution >= 0.6 is 0 Å². The van der Waals surface area contributed by atoms with E-state index < -0.39 is 21.8 Å². The molecule has 9 heteroatoms. The number of benzene rings is 2. The number of aryl methyl sites for hydroxylation is 1. The van der Waals surface area contributed by atoms with Crippen LogP contribution < -0.4 is 10.4 Å². The third kappa shape index (κ3) is 3.79. The summed E-state index contributed by atoms with van der Waals surface area (Å²) in [6.07, 6.45) is 1.14.